The minimum Gasteiger partial charge on any atom is -0.382 e. The van der Waals surface area contributed by atoms with Gasteiger partial charge in [0.1, 0.15) is 22.9 Å². The minimum absolute atomic E-state index is 0.0442. The normalized spacial score (nSPS) is 23.6. The highest BCUT2D eigenvalue weighted by Gasteiger charge is 2.46. The fraction of sp³-hybridized carbons (Fsp3) is 0.423. The number of halogens is 1. The lowest BCUT2D eigenvalue weighted by Gasteiger charge is -2.38. The van der Waals surface area contributed by atoms with Crippen molar-refractivity contribution >= 4 is 27.2 Å². The van der Waals surface area contributed by atoms with E-state index in [4.69, 9.17) is 16.5 Å². The molecule has 1 aliphatic carbocycles. The van der Waals surface area contributed by atoms with Gasteiger partial charge in [0.05, 0.1) is 11.9 Å². The predicted molar refractivity (Wildman–Crippen MR) is 142 cm³/mol. The van der Waals surface area contributed by atoms with Crippen molar-refractivity contribution < 1.29 is 17.6 Å². The number of carbonyl (C=O) groups excluding carboxylic acids is 1. The van der Waals surface area contributed by atoms with Crippen LogP contribution in [0.15, 0.2) is 35.6 Å². The number of aromatic amines is 1. The molecule has 3 fully saturated rings. The van der Waals surface area contributed by atoms with Gasteiger partial charge in [-0.05, 0) is 50.2 Å². The minimum atomic E-state index is -3.79. The Hall–Kier alpha value is -3.91. The molecule has 14 heteroatoms. The summed E-state index contributed by atoms with van der Waals surface area (Å²) < 4.78 is 42.4. The van der Waals surface area contributed by atoms with Crippen LogP contribution in [0.4, 0.5) is 10.2 Å². The molecule has 5 N–H and O–H groups in total. The number of fused-ring (bicyclic) bond motifs is 3. The number of nitrogen functional groups attached to an aromatic ring is 1. The zero-order valence-corrected chi connectivity index (χ0v) is 22.5. The van der Waals surface area contributed by atoms with Gasteiger partial charge in [-0.1, -0.05) is 12.1 Å². The van der Waals surface area contributed by atoms with Crippen LogP contribution in [0.3, 0.4) is 0 Å². The Morgan fingerprint density at radius 1 is 1.20 bits per heavy atom. The second-order valence-electron chi connectivity index (χ2n) is 11.2. The van der Waals surface area contributed by atoms with Crippen LogP contribution in [0, 0.1) is 5.82 Å². The molecule has 1 amide bonds. The van der Waals surface area contributed by atoms with Gasteiger partial charge in [-0.2, -0.15) is 9.61 Å². The van der Waals surface area contributed by atoms with E-state index in [-0.39, 0.29) is 40.4 Å². The molecule has 0 radical (unpaired) electrons. The number of sulfone groups is 1. The number of nitrogens with one attached hydrogen (secondary N) is 1. The number of carbonyl (C=O) groups is 1. The Morgan fingerprint density at radius 2 is 1.93 bits per heavy atom. The first-order valence-corrected chi connectivity index (χ1v) is 15.1. The number of aromatic nitrogens is 6. The van der Waals surface area contributed by atoms with E-state index in [1.807, 2.05) is 4.90 Å². The summed E-state index contributed by atoms with van der Waals surface area (Å²) in [6.07, 6.45) is 8.08. The van der Waals surface area contributed by atoms with Crippen molar-refractivity contribution in [2.75, 3.05) is 12.0 Å². The molecule has 12 nitrogen and oxygen atoms in total. The highest BCUT2D eigenvalue weighted by atomic mass is 32.2. The quantitative estimate of drug-likeness (QED) is 0.327. The lowest BCUT2D eigenvalue weighted by molar-refractivity contribution is 0.0556. The Bertz CT molecular complexity index is 1770. The number of anilines is 1. The van der Waals surface area contributed by atoms with Gasteiger partial charge >= 0.3 is 0 Å². The molecular weight excluding hydrogens is 537 g/mol. The van der Waals surface area contributed by atoms with Crippen molar-refractivity contribution in [3.05, 3.63) is 53.6 Å². The molecule has 1 saturated carbocycles. The van der Waals surface area contributed by atoms with Crippen LogP contribution < -0.4 is 11.5 Å². The van der Waals surface area contributed by atoms with Crippen molar-refractivity contribution in [3.63, 3.8) is 0 Å². The molecule has 4 aromatic rings. The van der Waals surface area contributed by atoms with Crippen LogP contribution in [0.5, 0.6) is 0 Å². The topological polar surface area (TPSA) is 178 Å². The van der Waals surface area contributed by atoms with Gasteiger partial charge in [-0.3, -0.25) is 4.79 Å². The Kier molecular flexibility index (Phi) is 5.36. The summed E-state index contributed by atoms with van der Waals surface area (Å²) in [5, 5.41) is 11.9. The standard InChI is InChI=1S/C26H28FN9O3S/c1-40(38,39)21-20(14-8-15-3-4-16(9-14)35(15)25(37)23-30-12-31-34-23)33-24-17(11-32-36(24)22(21)28)13-2-5-18(19(27)10-13)26(29)6-7-26/h2,5,10-12,14-16H,3-4,6-9,28-29H2,1H3,(H,30,31,34)/t14-,15+,16-. The summed E-state index contributed by atoms with van der Waals surface area (Å²) in [5.41, 5.74) is 14.3. The van der Waals surface area contributed by atoms with Crippen LogP contribution in [0.1, 0.15) is 66.3 Å². The van der Waals surface area contributed by atoms with Crippen LogP contribution >= 0.6 is 0 Å². The zero-order valence-electron chi connectivity index (χ0n) is 21.7. The highest BCUT2D eigenvalue weighted by Crippen LogP contribution is 2.46. The van der Waals surface area contributed by atoms with Crippen molar-refractivity contribution in [2.45, 2.75) is 67.0 Å². The molecule has 3 atom stereocenters. The molecule has 2 bridgehead atoms. The number of piperidine rings is 1. The van der Waals surface area contributed by atoms with E-state index in [0.29, 0.717) is 40.9 Å². The van der Waals surface area contributed by atoms with Crippen LogP contribution in [-0.4, -0.2) is 67.3 Å². The van der Waals surface area contributed by atoms with E-state index < -0.39 is 21.2 Å². The number of hydrogen-bond donors (Lipinski definition) is 3. The summed E-state index contributed by atoms with van der Waals surface area (Å²) in [6, 6.07) is 4.66. The van der Waals surface area contributed by atoms with Crippen molar-refractivity contribution in [1.29, 1.82) is 0 Å². The SMILES string of the molecule is CS(=O)(=O)c1c([C@H]2C[C@H]3CC[C@@H](C2)N3C(=O)c2nnc[nH]2)nc2c(-c3ccc(C4(N)CC4)c(F)c3)cnn2c1N. The fourth-order valence-electron chi connectivity index (χ4n) is 6.53. The Morgan fingerprint density at radius 3 is 2.52 bits per heavy atom. The van der Waals surface area contributed by atoms with Gasteiger partial charge in [0.15, 0.2) is 15.5 Å². The largest absolute Gasteiger partial charge is 0.382 e. The summed E-state index contributed by atoms with van der Waals surface area (Å²) in [5.74, 6) is -0.748. The number of amides is 1. The highest BCUT2D eigenvalue weighted by molar-refractivity contribution is 7.91. The number of rotatable bonds is 5. The van der Waals surface area contributed by atoms with E-state index in [0.717, 1.165) is 31.9 Å². The average Bonchev–Trinajstić information content (AvgIpc) is 3.27. The third-order valence-electron chi connectivity index (χ3n) is 8.61. The molecule has 208 valence electrons. The third kappa shape index (κ3) is 3.80. The number of hydrogen-bond acceptors (Lipinski definition) is 9. The zero-order chi connectivity index (χ0) is 28.0. The summed E-state index contributed by atoms with van der Waals surface area (Å²) in [6.45, 7) is 0. The maximum atomic E-state index is 15.1. The fourth-order valence-corrected chi connectivity index (χ4v) is 7.59. The first-order chi connectivity index (χ1) is 19.0. The van der Waals surface area contributed by atoms with E-state index in [1.165, 1.54) is 23.1 Å². The first kappa shape index (κ1) is 25.1. The van der Waals surface area contributed by atoms with Crippen LogP contribution in [-0.2, 0) is 15.4 Å². The molecule has 1 aromatic carbocycles. The first-order valence-electron chi connectivity index (χ1n) is 13.2. The van der Waals surface area contributed by atoms with Gasteiger partial charge in [0.25, 0.3) is 5.91 Å². The van der Waals surface area contributed by atoms with Crippen molar-refractivity contribution in [1.82, 2.24) is 34.7 Å². The van der Waals surface area contributed by atoms with Gasteiger partial charge < -0.3 is 21.4 Å². The molecule has 3 aliphatic rings. The lowest BCUT2D eigenvalue weighted by Crippen LogP contribution is -2.46. The van der Waals surface area contributed by atoms with Crippen molar-refractivity contribution in [3.8, 4) is 11.1 Å². The van der Waals surface area contributed by atoms with E-state index in [2.05, 4.69) is 20.3 Å². The van der Waals surface area contributed by atoms with Gasteiger partial charge in [-0.15, -0.1) is 10.2 Å². The molecule has 2 saturated heterocycles. The summed E-state index contributed by atoms with van der Waals surface area (Å²) in [4.78, 5) is 22.5. The number of nitrogens with two attached hydrogens (primary N) is 2. The Balaban J connectivity index is 1.31. The van der Waals surface area contributed by atoms with E-state index in [9.17, 15) is 13.2 Å². The smallest absolute Gasteiger partial charge is 0.292 e. The van der Waals surface area contributed by atoms with Crippen molar-refractivity contribution in [2.24, 2.45) is 5.73 Å². The molecule has 40 heavy (non-hydrogen) atoms. The molecule has 7 rings (SSSR count). The van der Waals surface area contributed by atoms with Gasteiger partial charge in [-0.25, -0.2) is 17.8 Å². The second kappa shape index (κ2) is 8.54. The summed E-state index contributed by atoms with van der Waals surface area (Å²) in [7, 11) is -3.79. The molecular formula is C26H28FN9O3S. The number of nitrogens with zero attached hydrogens (tertiary/aromatic N) is 6. The molecule has 5 heterocycles. The predicted octanol–water partition coefficient (Wildman–Crippen LogP) is 2.14. The number of benzene rings is 1. The number of H-pyrrole nitrogens is 1. The maximum Gasteiger partial charge on any atom is 0.292 e. The van der Waals surface area contributed by atoms with Crippen LogP contribution in [0.2, 0.25) is 0 Å². The van der Waals surface area contributed by atoms with E-state index >= 15 is 4.39 Å². The Labute approximate surface area is 228 Å². The lowest BCUT2D eigenvalue weighted by atomic mass is 9.87. The third-order valence-corrected chi connectivity index (χ3v) is 9.77. The maximum absolute atomic E-state index is 15.1. The molecule has 2 aliphatic heterocycles. The molecule has 3 aromatic heterocycles. The average molecular weight is 566 g/mol. The van der Waals surface area contributed by atoms with Crippen LogP contribution in [0.25, 0.3) is 16.8 Å². The summed E-state index contributed by atoms with van der Waals surface area (Å²) >= 11 is 0. The van der Waals surface area contributed by atoms with Gasteiger partial charge in [0, 0.05) is 40.9 Å². The second-order valence-corrected chi connectivity index (χ2v) is 13.2. The monoisotopic (exact) mass is 565 g/mol. The molecule has 0 unspecified atom stereocenters. The van der Waals surface area contributed by atoms with E-state index in [1.54, 1.807) is 12.1 Å². The molecule has 0 spiro atoms. The van der Waals surface area contributed by atoms with Gasteiger partial charge in [0.2, 0.25) is 5.82 Å².